The molecule has 0 fully saturated rings. The molecule has 1 rings (SSSR count). The highest BCUT2D eigenvalue weighted by atomic mass is 15.2. The van der Waals surface area contributed by atoms with E-state index in [0.717, 1.165) is 5.82 Å². The van der Waals surface area contributed by atoms with Crippen molar-refractivity contribution in [2.45, 2.75) is 33.7 Å². The van der Waals surface area contributed by atoms with Gasteiger partial charge in [-0.15, -0.1) is 0 Å². The zero-order valence-electron chi connectivity index (χ0n) is 8.05. The van der Waals surface area contributed by atoms with E-state index >= 15 is 0 Å². The van der Waals surface area contributed by atoms with Crippen molar-refractivity contribution in [1.82, 2.24) is 15.2 Å². The lowest BCUT2D eigenvalue weighted by Gasteiger charge is -2.23. The van der Waals surface area contributed by atoms with E-state index in [4.69, 9.17) is 5.73 Å². The number of aromatic nitrogens is 3. The molecule has 0 aliphatic heterocycles. The van der Waals surface area contributed by atoms with Gasteiger partial charge in [0.25, 0.3) is 0 Å². The van der Waals surface area contributed by atoms with Gasteiger partial charge < -0.3 is 5.73 Å². The summed E-state index contributed by atoms with van der Waals surface area (Å²) in [5.41, 5.74) is 5.95. The topological polar surface area (TPSA) is 67.6 Å². The Morgan fingerprint density at radius 2 is 2.00 bits per heavy atom. The number of hydrogen-bond donors (Lipinski definition) is 2. The van der Waals surface area contributed by atoms with Gasteiger partial charge in [-0.2, -0.15) is 5.10 Å². The molecule has 0 saturated heterocycles. The molecule has 3 N–H and O–H groups in total. The first-order valence-corrected chi connectivity index (χ1v) is 4.06. The summed E-state index contributed by atoms with van der Waals surface area (Å²) in [7, 11) is 0. The summed E-state index contributed by atoms with van der Waals surface area (Å²) in [6.07, 6.45) is 0. The van der Waals surface area contributed by atoms with Crippen LogP contribution in [0, 0.1) is 12.3 Å². The summed E-state index contributed by atoms with van der Waals surface area (Å²) in [6.45, 7) is 8.09. The van der Waals surface area contributed by atoms with Gasteiger partial charge in [0, 0.05) is 0 Å². The van der Waals surface area contributed by atoms with Crippen LogP contribution >= 0.6 is 0 Å². The van der Waals surface area contributed by atoms with Crippen LogP contribution in [-0.2, 0) is 0 Å². The third-order valence-electron chi connectivity index (χ3n) is 1.83. The van der Waals surface area contributed by atoms with Gasteiger partial charge in [0.2, 0.25) is 0 Å². The van der Waals surface area contributed by atoms with Crippen molar-refractivity contribution in [2.75, 3.05) is 0 Å². The molecule has 1 heterocycles. The van der Waals surface area contributed by atoms with Crippen LogP contribution in [0.25, 0.3) is 0 Å². The van der Waals surface area contributed by atoms with Gasteiger partial charge in [0.05, 0.1) is 6.04 Å². The van der Waals surface area contributed by atoms with E-state index < -0.39 is 0 Å². The lowest BCUT2D eigenvalue weighted by molar-refractivity contribution is 0.316. The number of H-pyrrole nitrogens is 1. The van der Waals surface area contributed by atoms with Gasteiger partial charge in [-0.25, -0.2) is 4.98 Å². The fourth-order valence-electron chi connectivity index (χ4n) is 0.886. The van der Waals surface area contributed by atoms with Gasteiger partial charge in [-0.1, -0.05) is 20.8 Å². The maximum Gasteiger partial charge on any atom is 0.167 e. The molecule has 1 aromatic heterocycles. The molecular weight excluding hydrogens is 152 g/mol. The summed E-state index contributed by atoms with van der Waals surface area (Å²) in [5.74, 6) is 1.50. The summed E-state index contributed by atoms with van der Waals surface area (Å²) < 4.78 is 0. The van der Waals surface area contributed by atoms with Crippen LogP contribution in [0.2, 0.25) is 0 Å². The van der Waals surface area contributed by atoms with Crippen LogP contribution in [0.3, 0.4) is 0 Å². The molecule has 1 atom stereocenters. The smallest absolute Gasteiger partial charge is 0.167 e. The molecule has 0 unspecified atom stereocenters. The van der Waals surface area contributed by atoms with Crippen molar-refractivity contribution in [3.05, 3.63) is 11.6 Å². The van der Waals surface area contributed by atoms with Crippen LogP contribution in [0.4, 0.5) is 0 Å². The minimum Gasteiger partial charge on any atom is -0.321 e. The molecule has 68 valence electrons. The normalized spacial score (nSPS) is 14.8. The van der Waals surface area contributed by atoms with E-state index in [9.17, 15) is 0 Å². The van der Waals surface area contributed by atoms with Crippen molar-refractivity contribution in [2.24, 2.45) is 11.1 Å². The fraction of sp³-hybridized carbons (Fsp3) is 0.750. The molecule has 1 aromatic rings. The zero-order valence-corrected chi connectivity index (χ0v) is 8.05. The Morgan fingerprint density at radius 3 is 2.33 bits per heavy atom. The van der Waals surface area contributed by atoms with Crippen molar-refractivity contribution >= 4 is 0 Å². The Morgan fingerprint density at radius 1 is 1.42 bits per heavy atom. The highest BCUT2D eigenvalue weighted by Crippen LogP contribution is 2.27. The second-order valence-electron chi connectivity index (χ2n) is 4.12. The van der Waals surface area contributed by atoms with Crippen LogP contribution in [-0.4, -0.2) is 15.2 Å². The van der Waals surface area contributed by atoms with Crippen molar-refractivity contribution < 1.29 is 0 Å². The minimum atomic E-state index is -0.109. The Kier molecular flexibility index (Phi) is 2.19. The number of nitrogens with one attached hydrogen (secondary N) is 1. The SMILES string of the molecule is Cc1nc([C@H](N)C(C)(C)C)n[nH]1. The maximum atomic E-state index is 5.94. The Bertz CT molecular complexity index is 258. The van der Waals surface area contributed by atoms with E-state index in [1.54, 1.807) is 0 Å². The van der Waals surface area contributed by atoms with E-state index in [0.29, 0.717) is 5.82 Å². The minimum absolute atomic E-state index is 0.00856. The second-order valence-corrected chi connectivity index (χ2v) is 4.12. The highest BCUT2D eigenvalue weighted by molar-refractivity contribution is 4.98. The van der Waals surface area contributed by atoms with Crippen LogP contribution in [0.1, 0.15) is 38.5 Å². The number of aromatic amines is 1. The van der Waals surface area contributed by atoms with Gasteiger partial charge >= 0.3 is 0 Å². The predicted octanol–water partition coefficient (Wildman–Crippen LogP) is 1.16. The zero-order chi connectivity index (χ0) is 9.35. The molecule has 0 aliphatic carbocycles. The average Bonchev–Trinajstić information content (AvgIpc) is 2.32. The standard InChI is InChI=1S/C8H16N4/c1-5-10-7(12-11-5)6(9)8(2,3)4/h6H,9H2,1-4H3,(H,10,11,12)/t6-/m0/s1. The highest BCUT2D eigenvalue weighted by Gasteiger charge is 2.25. The predicted molar refractivity (Wildman–Crippen MR) is 47.5 cm³/mol. The lowest BCUT2D eigenvalue weighted by atomic mass is 9.87. The lowest BCUT2D eigenvalue weighted by Crippen LogP contribution is -2.27. The maximum absolute atomic E-state index is 5.94. The molecule has 0 aromatic carbocycles. The molecule has 4 nitrogen and oxygen atoms in total. The van der Waals surface area contributed by atoms with Crippen LogP contribution in [0.15, 0.2) is 0 Å². The number of nitrogens with two attached hydrogens (primary N) is 1. The van der Waals surface area contributed by atoms with Gasteiger partial charge in [0.1, 0.15) is 5.82 Å². The summed E-state index contributed by atoms with van der Waals surface area (Å²) in [5, 5.41) is 6.80. The Labute approximate surface area is 72.6 Å². The Balaban J connectivity index is 2.85. The molecule has 0 radical (unpaired) electrons. The van der Waals surface area contributed by atoms with E-state index in [-0.39, 0.29) is 11.5 Å². The summed E-state index contributed by atoms with van der Waals surface area (Å²) in [4.78, 5) is 4.19. The molecule has 0 bridgehead atoms. The number of nitrogens with zero attached hydrogens (tertiary/aromatic N) is 2. The van der Waals surface area contributed by atoms with Crippen molar-refractivity contribution in [3.63, 3.8) is 0 Å². The van der Waals surface area contributed by atoms with Gasteiger partial charge in [0.15, 0.2) is 5.82 Å². The quantitative estimate of drug-likeness (QED) is 0.661. The molecule has 0 amide bonds. The average molecular weight is 168 g/mol. The van der Waals surface area contributed by atoms with E-state index in [1.807, 2.05) is 6.92 Å². The molecule has 4 heteroatoms. The second kappa shape index (κ2) is 2.86. The monoisotopic (exact) mass is 168 g/mol. The number of hydrogen-bond acceptors (Lipinski definition) is 3. The van der Waals surface area contributed by atoms with Gasteiger partial charge in [-0.3, -0.25) is 5.10 Å². The van der Waals surface area contributed by atoms with Crippen molar-refractivity contribution in [1.29, 1.82) is 0 Å². The van der Waals surface area contributed by atoms with E-state index in [2.05, 4.69) is 36.0 Å². The van der Waals surface area contributed by atoms with Crippen LogP contribution in [0.5, 0.6) is 0 Å². The Hall–Kier alpha value is -0.900. The van der Waals surface area contributed by atoms with Gasteiger partial charge in [-0.05, 0) is 12.3 Å². The number of aryl methyl sites for hydroxylation is 1. The first-order chi connectivity index (χ1) is 5.41. The van der Waals surface area contributed by atoms with E-state index in [1.165, 1.54) is 0 Å². The number of rotatable bonds is 1. The first-order valence-electron chi connectivity index (χ1n) is 4.06. The third kappa shape index (κ3) is 1.82. The summed E-state index contributed by atoms with van der Waals surface area (Å²) >= 11 is 0. The van der Waals surface area contributed by atoms with Crippen molar-refractivity contribution in [3.8, 4) is 0 Å². The largest absolute Gasteiger partial charge is 0.321 e. The first kappa shape index (κ1) is 9.19. The molecule has 0 saturated carbocycles. The molecule has 0 spiro atoms. The molecule has 12 heavy (non-hydrogen) atoms. The van der Waals surface area contributed by atoms with Crippen LogP contribution < -0.4 is 5.73 Å². The molecular formula is C8H16N4. The fourth-order valence-corrected chi connectivity index (χ4v) is 0.886. The third-order valence-corrected chi connectivity index (χ3v) is 1.83. The summed E-state index contributed by atoms with van der Waals surface area (Å²) in [6, 6.07) is -0.109. The molecule has 0 aliphatic rings.